The van der Waals surface area contributed by atoms with E-state index < -0.39 is 0 Å². The van der Waals surface area contributed by atoms with Crippen LogP contribution in [0.1, 0.15) is 74.3 Å². The van der Waals surface area contributed by atoms with Gasteiger partial charge in [-0.15, -0.1) is 0 Å². The fourth-order valence-corrected chi connectivity index (χ4v) is 11.7. The highest BCUT2D eigenvalue weighted by Gasteiger charge is 2.31. The standard InChI is InChI=1S/C29H33FN4O.C15H16FNO.C14H17N3O/c1-32-19-26(25-10-7-22(30)17-27(25)32)20-5-8-23(9-6-20)33-12-14-34(15-13-33)28-18-24(35-2)16-21-4-3-11-31-29(21)28;1-17-9-14(10-2-5-12(18)6-3-10)13-7-4-11(16)8-15(13)17;1-18-12-9-11-3-2-4-16-14(11)13(10-12)17-7-5-15-6-8-17/h3-4,7,10-11,16-20,23H,5-6,8-9,12-15H2,1-2H3;4,7-10H,2-3,5-6H2,1H3;2-4,9-10,15H,5-8H2,1H3. The van der Waals surface area contributed by atoms with Crippen LogP contribution in [0.15, 0.2) is 110 Å². The summed E-state index contributed by atoms with van der Waals surface area (Å²) in [5, 5.41) is 7.96. The van der Waals surface area contributed by atoms with Crippen LogP contribution in [0.25, 0.3) is 43.6 Å². The Morgan fingerprint density at radius 3 is 1.55 bits per heavy atom. The molecule has 0 amide bonds. The molecule has 2 saturated carbocycles. The van der Waals surface area contributed by atoms with Gasteiger partial charge in [0.1, 0.15) is 28.9 Å². The van der Waals surface area contributed by atoms with E-state index >= 15 is 0 Å². The van der Waals surface area contributed by atoms with Gasteiger partial charge in [-0.05, 0) is 122 Å². The highest BCUT2D eigenvalue weighted by atomic mass is 19.1. The van der Waals surface area contributed by atoms with Gasteiger partial charge < -0.3 is 33.7 Å². The molecule has 12 rings (SSSR count). The molecule has 13 heteroatoms. The maximum Gasteiger partial charge on any atom is 0.132 e. The number of pyridine rings is 2. The van der Waals surface area contributed by atoms with E-state index in [4.69, 9.17) is 9.47 Å². The predicted molar refractivity (Wildman–Crippen MR) is 282 cm³/mol. The minimum atomic E-state index is -0.200. The minimum absolute atomic E-state index is 0.161. The number of benzene rings is 4. The van der Waals surface area contributed by atoms with Crippen LogP contribution in [0.4, 0.5) is 20.2 Å². The van der Waals surface area contributed by atoms with Gasteiger partial charge in [-0.1, -0.05) is 12.1 Å². The molecule has 6 heterocycles. The van der Waals surface area contributed by atoms with Crippen LogP contribution >= 0.6 is 0 Å². The first-order valence-corrected chi connectivity index (χ1v) is 25.4. The highest BCUT2D eigenvalue weighted by Crippen LogP contribution is 2.40. The average molecular weight is 961 g/mol. The number of anilines is 2. The van der Waals surface area contributed by atoms with Crippen molar-refractivity contribution in [2.24, 2.45) is 14.1 Å². The lowest BCUT2D eigenvalue weighted by molar-refractivity contribution is -0.120. The summed E-state index contributed by atoms with van der Waals surface area (Å²) in [5.41, 5.74) is 9.04. The largest absolute Gasteiger partial charge is 0.497 e. The molecule has 11 nitrogen and oxygen atoms in total. The Bertz CT molecular complexity index is 3140. The molecule has 4 aliphatic rings. The van der Waals surface area contributed by atoms with Gasteiger partial charge in [-0.25, -0.2) is 8.78 Å². The third-order valence-corrected chi connectivity index (χ3v) is 15.5. The number of Topliss-reactive ketones (excluding diaryl/α,β-unsaturated/α-hetero) is 1. The maximum absolute atomic E-state index is 13.7. The number of hydrogen-bond donors (Lipinski definition) is 1. The molecule has 2 aliphatic heterocycles. The topological polar surface area (TPSA) is 92.9 Å². The summed E-state index contributed by atoms with van der Waals surface area (Å²) in [6.07, 6.45) is 16.1. The van der Waals surface area contributed by atoms with Crippen LogP contribution in [-0.2, 0) is 18.9 Å². The Morgan fingerprint density at radius 1 is 0.577 bits per heavy atom. The summed E-state index contributed by atoms with van der Waals surface area (Å²) in [7, 11) is 7.40. The molecule has 370 valence electrons. The third kappa shape index (κ3) is 10.4. The minimum Gasteiger partial charge on any atom is -0.497 e. The molecule has 4 fully saturated rings. The smallest absolute Gasteiger partial charge is 0.132 e. The zero-order valence-electron chi connectivity index (χ0n) is 41.5. The zero-order chi connectivity index (χ0) is 49.0. The molecular formula is C58H66F2N8O3. The van der Waals surface area contributed by atoms with Gasteiger partial charge in [-0.2, -0.15) is 0 Å². The van der Waals surface area contributed by atoms with Gasteiger partial charge in [0.25, 0.3) is 0 Å². The van der Waals surface area contributed by atoms with Crippen molar-refractivity contribution < 1.29 is 23.0 Å². The van der Waals surface area contributed by atoms with Crippen molar-refractivity contribution in [3.05, 3.63) is 132 Å². The van der Waals surface area contributed by atoms with Gasteiger partial charge in [0.2, 0.25) is 0 Å². The summed E-state index contributed by atoms with van der Waals surface area (Å²) >= 11 is 0. The Morgan fingerprint density at radius 2 is 1.06 bits per heavy atom. The lowest BCUT2D eigenvalue weighted by Gasteiger charge is -2.42. The number of piperazine rings is 2. The number of rotatable bonds is 7. The highest BCUT2D eigenvalue weighted by molar-refractivity contribution is 5.93. The summed E-state index contributed by atoms with van der Waals surface area (Å²) in [6, 6.07) is 27.3. The number of nitrogens with zero attached hydrogens (tertiary/aromatic N) is 7. The van der Waals surface area contributed by atoms with Crippen LogP contribution in [0.5, 0.6) is 11.5 Å². The predicted octanol–water partition coefficient (Wildman–Crippen LogP) is 10.9. The Balaban J connectivity index is 0.000000136. The second kappa shape index (κ2) is 21.4. The number of nitrogens with one attached hydrogen (secondary N) is 1. The van der Waals surface area contributed by atoms with Gasteiger partial charge in [0.15, 0.2) is 0 Å². The summed E-state index contributed by atoms with van der Waals surface area (Å²) in [4.78, 5) is 28.0. The molecule has 0 bridgehead atoms. The number of hydrogen-bond acceptors (Lipinski definition) is 9. The Hall–Kier alpha value is -6.57. The van der Waals surface area contributed by atoms with Crippen LogP contribution < -0.4 is 24.6 Å². The van der Waals surface area contributed by atoms with Gasteiger partial charge in [0, 0.05) is 144 Å². The summed E-state index contributed by atoms with van der Waals surface area (Å²) in [6.45, 7) is 8.24. The quantitative estimate of drug-likeness (QED) is 0.168. The second-order valence-corrected chi connectivity index (χ2v) is 19.7. The summed E-state index contributed by atoms with van der Waals surface area (Å²) in [5.74, 6) is 2.80. The third-order valence-electron chi connectivity index (χ3n) is 15.5. The number of ether oxygens (including phenoxy) is 2. The number of aryl methyl sites for hydroxylation is 2. The van der Waals surface area contributed by atoms with Gasteiger partial charge in [0.05, 0.1) is 47.7 Å². The number of fused-ring (bicyclic) bond motifs is 4. The van der Waals surface area contributed by atoms with Crippen LogP contribution in [0, 0.1) is 11.6 Å². The fourth-order valence-electron chi connectivity index (χ4n) is 11.7. The number of aromatic nitrogens is 4. The van der Waals surface area contributed by atoms with E-state index in [1.54, 1.807) is 32.4 Å². The molecule has 2 saturated heterocycles. The SMILES string of the molecule is COc1cc(N2CCN(C3CCC(c4cn(C)c5cc(F)ccc45)CC3)CC2)c2ncccc2c1.COc1cc(N2CCNCC2)c2ncccc2c1.Cn1cc(C2CCC(=O)CC2)c2ccc(F)cc21. The van der Waals surface area contributed by atoms with E-state index in [2.05, 4.69) is 77.3 Å². The lowest BCUT2D eigenvalue weighted by Crippen LogP contribution is -2.51. The normalized spacial score (nSPS) is 19.2. The van der Waals surface area contributed by atoms with E-state index in [-0.39, 0.29) is 11.6 Å². The zero-order valence-corrected chi connectivity index (χ0v) is 41.5. The molecular weight excluding hydrogens is 895 g/mol. The van der Waals surface area contributed by atoms with Gasteiger partial charge >= 0.3 is 0 Å². The molecule has 2 aliphatic carbocycles. The van der Waals surface area contributed by atoms with E-state index in [1.165, 1.54) is 59.6 Å². The first-order chi connectivity index (χ1) is 34.6. The first-order valence-electron chi connectivity index (χ1n) is 25.4. The van der Waals surface area contributed by atoms with Crippen LogP contribution in [-0.4, -0.2) is 102 Å². The molecule has 4 aromatic carbocycles. The van der Waals surface area contributed by atoms with Crippen molar-refractivity contribution >= 4 is 60.8 Å². The van der Waals surface area contributed by atoms with E-state index in [0.29, 0.717) is 36.5 Å². The summed E-state index contributed by atoms with van der Waals surface area (Å²) < 4.78 is 42.0. The first kappa shape index (κ1) is 48.1. The monoisotopic (exact) mass is 961 g/mol. The van der Waals surface area contributed by atoms with Gasteiger partial charge in [-0.3, -0.25) is 19.7 Å². The Kier molecular flexibility index (Phi) is 14.5. The number of carbonyl (C=O) groups excluding carboxylic acids is 1. The van der Waals surface area contributed by atoms with Crippen LogP contribution in [0.2, 0.25) is 0 Å². The number of methoxy groups -OCH3 is 2. The van der Waals surface area contributed by atoms with Crippen molar-refractivity contribution in [3.63, 3.8) is 0 Å². The maximum atomic E-state index is 13.7. The fraction of sp³-hybridized carbons (Fsp3) is 0.397. The lowest BCUT2D eigenvalue weighted by atomic mass is 9.81. The van der Waals surface area contributed by atoms with E-state index in [9.17, 15) is 13.6 Å². The molecule has 0 unspecified atom stereocenters. The van der Waals surface area contributed by atoms with Crippen molar-refractivity contribution in [1.29, 1.82) is 0 Å². The Labute approximate surface area is 415 Å². The molecule has 4 aromatic heterocycles. The average Bonchev–Trinajstić information content (AvgIpc) is 3.92. The van der Waals surface area contributed by atoms with E-state index in [1.807, 2.05) is 61.4 Å². The number of halogens is 2. The van der Waals surface area contributed by atoms with Crippen molar-refractivity contribution in [3.8, 4) is 11.5 Å². The second-order valence-electron chi connectivity index (χ2n) is 19.7. The van der Waals surface area contributed by atoms with Crippen molar-refractivity contribution in [2.45, 2.75) is 69.2 Å². The van der Waals surface area contributed by atoms with Crippen molar-refractivity contribution in [1.82, 2.24) is 29.3 Å². The molecule has 0 spiro atoms. The molecule has 0 radical (unpaired) electrons. The molecule has 1 N–H and O–H groups in total. The number of carbonyl (C=O) groups is 1. The molecule has 8 aromatic rings. The van der Waals surface area contributed by atoms with E-state index in [0.717, 1.165) is 115 Å². The molecule has 71 heavy (non-hydrogen) atoms. The van der Waals surface area contributed by atoms with Crippen molar-refractivity contribution in [2.75, 3.05) is 76.4 Å². The van der Waals surface area contributed by atoms with Crippen LogP contribution in [0.3, 0.4) is 0 Å². The number of ketones is 1. The molecule has 0 atom stereocenters.